The number of hydrogen-bond donors (Lipinski definition) is 0. The molecule has 4 nitrogen and oxygen atoms in total. The molecule has 0 aliphatic carbocycles. The third kappa shape index (κ3) is 3.75. The lowest BCUT2D eigenvalue weighted by molar-refractivity contribution is -0.267. The molecule has 0 spiro atoms. The SMILES string of the molecule is CC(=O)OC1/C=C\OOC(C)/C=C\1. The monoisotopic (exact) mass is 184 g/mol. The number of carbonyl (C=O) groups excluding carboxylic acids is 1. The van der Waals surface area contributed by atoms with Crippen molar-refractivity contribution < 1.29 is 19.3 Å². The fourth-order valence-corrected chi connectivity index (χ4v) is 0.862. The van der Waals surface area contributed by atoms with Crippen LogP contribution in [-0.2, 0) is 19.3 Å². The second-order valence-corrected chi connectivity index (χ2v) is 2.69. The summed E-state index contributed by atoms with van der Waals surface area (Å²) in [4.78, 5) is 20.1. The lowest BCUT2D eigenvalue weighted by Crippen LogP contribution is -2.14. The van der Waals surface area contributed by atoms with Gasteiger partial charge in [0.2, 0.25) is 0 Å². The van der Waals surface area contributed by atoms with E-state index in [9.17, 15) is 4.79 Å². The molecule has 0 saturated heterocycles. The Kier molecular flexibility index (Phi) is 3.52. The molecule has 72 valence electrons. The zero-order valence-electron chi connectivity index (χ0n) is 7.60. The largest absolute Gasteiger partial charge is 0.454 e. The number of ether oxygens (including phenoxy) is 1. The van der Waals surface area contributed by atoms with Crippen LogP contribution in [0.15, 0.2) is 24.5 Å². The van der Waals surface area contributed by atoms with Crippen molar-refractivity contribution in [1.29, 1.82) is 0 Å². The van der Waals surface area contributed by atoms with Gasteiger partial charge in [-0.15, -0.1) is 0 Å². The molecule has 0 N–H and O–H groups in total. The second kappa shape index (κ2) is 4.67. The van der Waals surface area contributed by atoms with Crippen LogP contribution in [-0.4, -0.2) is 18.2 Å². The first-order chi connectivity index (χ1) is 6.18. The summed E-state index contributed by atoms with van der Waals surface area (Å²) in [5, 5.41) is 0. The highest BCUT2D eigenvalue weighted by Gasteiger charge is 2.07. The number of esters is 1. The van der Waals surface area contributed by atoms with Crippen LogP contribution in [0.3, 0.4) is 0 Å². The van der Waals surface area contributed by atoms with E-state index < -0.39 is 0 Å². The van der Waals surface area contributed by atoms with E-state index in [2.05, 4.69) is 4.89 Å². The first-order valence-corrected chi connectivity index (χ1v) is 4.03. The zero-order chi connectivity index (χ0) is 9.68. The van der Waals surface area contributed by atoms with E-state index in [1.54, 1.807) is 18.2 Å². The standard InChI is InChI=1S/C9H12O4/c1-7-3-4-9(12-8(2)10)5-6-11-13-7/h3-7,9H,1-2H3/b4-3-,6-5-. The molecule has 4 heteroatoms. The fourth-order valence-electron chi connectivity index (χ4n) is 0.862. The first-order valence-electron chi connectivity index (χ1n) is 4.03. The Morgan fingerprint density at radius 3 is 2.85 bits per heavy atom. The molecule has 1 aliphatic rings. The van der Waals surface area contributed by atoms with Gasteiger partial charge in [-0.3, -0.25) is 4.79 Å². The molecule has 1 rings (SSSR count). The predicted molar refractivity (Wildman–Crippen MR) is 45.5 cm³/mol. The van der Waals surface area contributed by atoms with E-state index in [1.807, 2.05) is 6.92 Å². The van der Waals surface area contributed by atoms with Gasteiger partial charge in [-0.2, -0.15) is 4.89 Å². The molecule has 0 bridgehead atoms. The molecule has 1 aliphatic heterocycles. The summed E-state index contributed by atoms with van der Waals surface area (Å²) in [7, 11) is 0. The maximum Gasteiger partial charge on any atom is 0.303 e. The van der Waals surface area contributed by atoms with Crippen molar-refractivity contribution in [3.63, 3.8) is 0 Å². The summed E-state index contributed by atoms with van der Waals surface area (Å²) in [6.45, 7) is 3.18. The van der Waals surface area contributed by atoms with Crippen molar-refractivity contribution in [2.45, 2.75) is 26.1 Å². The van der Waals surface area contributed by atoms with Crippen LogP contribution >= 0.6 is 0 Å². The van der Waals surface area contributed by atoms with Crippen molar-refractivity contribution in [2.24, 2.45) is 0 Å². The molecule has 2 atom stereocenters. The van der Waals surface area contributed by atoms with Gasteiger partial charge in [0.1, 0.15) is 18.5 Å². The van der Waals surface area contributed by atoms with Gasteiger partial charge in [-0.25, -0.2) is 0 Å². The van der Waals surface area contributed by atoms with Gasteiger partial charge in [0.05, 0.1) is 0 Å². The first kappa shape index (κ1) is 9.80. The Morgan fingerprint density at radius 1 is 1.38 bits per heavy atom. The molecule has 0 radical (unpaired) electrons. The van der Waals surface area contributed by atoms with Crippen LogP contribution in [0.1, 0.15) is 13.8 Å². The van der Waals surface area contributed by atoms with Crippen LogP contribution in [0.5, 0.6) is 0 Å². The van der Waals surface area contributed by atoms with Crippen molar-refractivity contribution in [3.05, 3.63) is 24.5 Å². The Bertz CT molecular complexity index is 232. The number of hydrogen-bond acceptors (Lipinski definition) is 4. The molecule has 1 heterocycles. The average molecular weight is 184 g/mol. The van der Waals surface area contributed by atoms with Crippen molar-refractivity contribution >= 4 is 5.97 Å². The summed E-state index contributed by atoms with van der Waals surface area (Å²) in [6.07, 6.45) is 5.92. The summed E-state index contributed by atoms with van der Waals surface area (Å²) >= 11 is 0. The van der Waals surface area contributed by atoms with E-state index in [4.69, 9.17) is 9.62 Å². The van der Waals surface area contributed by atoms with E-state index in [0.29, 0.717) is 0 Å². The third-order valence-corrected chi connectivity index (χ3v) is 1.40. The zero-order valence-corrected chi connectivity index (χ0v) is 7.60. The lowest BCUT2D eigenvalue weighted by atomic mass is 10.2. The van der Waals surface area contributed by atoms with Gasteiger partial charge >= 0.3 is 5.97 Å². The molecule has 0 aromatic heterocycles. The maximum atomic E-state index is 10.6. The fraction of sp³-hybridized carbons (Fsp3) is 0.444. The molecule has 2 unspecified atom stereocenters. The number of rotatable bonds is 1. The Hall–Kier alpha value is -1.29. The summed E-state index contributed by atoms with van der Waals surface area (Å²) in [5.74, 6) is -0.326. The van der Waals surface area contributed by atoms with Crippen LogP contribution in [0.25, 0.3) is 0 Å². The van der Waals surface area contributed by atoms with Gasteiger partial charge in [0.25, 0.3) is 0 Å². The molecule has 0 amide bonds. The van der Waals surface area contributed by atoms with E-state index >= 15 is 0 Å². The van der Waals surface area contributed by atoms with Gasteiger partial charge in [-0.1, -0.05) is 6.08 Å². The highest BCUT2D eigenvalue weighted by molar-refractivity contribution is 5.66. The minimum absolute atomic E-state index is 0.150. The summed E-state index contributed by atoms with van der Waals surface area (Å²) in [5.41, 5.74) is 0. The minimum Gasteiger partial charge on any atom is -0.454 e. The van der Waals surface area contributed by atoms with Crippen LogP contribution in [0.4, 0.5) is 0 Å². The summed E-state index contributed by atoms with van der Waals surface area (Å²) in [6, 6.07) is 0. The van der Waals surface area contributed by atoms with Gasteiger partial charge in [0.15, 0.2) is 0 Å². The third-order valence-electron chi connectivity index (χ3n) is 1.40. The van der Waals surface area contributed by atoms with Gasteiger partial charge in [-0.05, 0) is 19.1 Å². The van der Waals surface area contributed by atoms with Crippen molar-refractivity contribution in [1.82, 2.24) is 0 Å². The van der Waals surface area contributed by atoms with Crippen molar-refractivity contribution in [3.8, 4) is 0 Å². The Balaban J connectivity index is 2.56. The Labute approximate surface area is 76.7 Å². The predicted octanol–water partition coefficient (Wildman–Crippen LogP) is 1.34. The highest BCUT2D eigenvalue weighted by atomic mass is 17.2. The highest BCUT2D eigenvalue weighted by Crippen LogP contribution is 2.05. The molecular weight excluding hydrogens is 172 g/mol. The molecule has 0 aromatic carbocycles. The van der Waals surface area contributed by atoms with Gasteiger partial charge < -0.3 is 9.62 Å². The van der Waals surface area contributed by atoms with Crippen LogP contribution in [0.2, 0.25) is 0 Å². The molecule has 0 fully saturated rings. The Morgan fingerprint density at radius 2 is 2.15 bits per heavy atom. The van der Waals surface area contributed by atoms with E-state index in [-0.39, 0.29) is 18.2 Å². The minimum atomic E-state index is -0.371. The maximum absolute atomic E-state index is 10.6. The smallest absolute Gasteiger partial charge is 0.303 e. The van der Waals surface area contributed by atoms with Crippen molar-refractivity contribution in [2.75, 3.05) is 0 Å². The summed E-state index contributed by atoms with van der Waals surface area (Å²) < 4.78 is 4.93. The van der Waals surface area contributed by atoms with Gasteiger partial charge in [0, 0.05) is 6.92 Å². The molecule has 0 saturated carbocycles. The molecule has 0 aromatic rings. The topological polar surface area (TPSA) is 44.8 Å². The molecule has 13 heavy (non-hydrogen) atoms. The van der Waals surface area contributed by atoms with E-state index in [0.717, 1.165) is 0 Å². The van der Waals surface area contributed by atoms with E-state index in [1.165, 1.54) is 13.2 Å². The lowest BCUT2D eigenvalue weighted by Gasteiger charge is -2.12. The average Bonchev–Trinajstić information content (AvgIpc) is 2.03. The normalized spacial score (nSPS) is 32.2. The molecular formula is C9H12O4. The number of carbonyl (C=O) groups is 1. The van der Waals surface area contributed by atoms with Crippen LogP contribution in [0, 0.1) is 0 Å². The quantitative estimate of drug-likeness (QED) is 0.350. The van der Waals surface area contributed by atoms with Crippen LogP contribution < -0.4 is 0 Å². The second-order valence-electron chi connectivity index (χ2n) is 2.69.